The molecule has 0 aliphatic carbocycles. The number of sulfone groups is 1. The lowest BCUT2D eigenvalue weighted by Crippen LogP contribution is -2.27. The van der Waals surface area contributed by atoms with Crippen molar-refractivity contribution in [3.63, 3.8) is 0 Å². The minimum absolute atomic E-state index is 0.0266. The predicted molar refractivity (Wildman–Crippen MR) is 78.9 cm³/mol. The molecule has 0 aliphatic rings. The van der Waals surface area contributed by atoms with Gasteiger partial charge in [-0.05, 0) is 19.1 Å². The Morgan fingerprint density at radius 2 is 1.72 bits per heavy atom. The first-order valence-electron chi connectivity index (χ1n) is 5.36. The molecule has 0 heterocycles. The van der Waals surface area contributed by atoms with Gasteiger partial charge in [0.05, 0.1) is 21.5 Å². The van der Waals surface area contributed by atoms with E-state index >= 15 is 0 Å². The number of nitrogens with one attached hydrogen (secondary N) is 1. The first-order valence-corrected chi connectivity index (χ1v) is 8.32. The molecule has 0 fully saturated rings. The average molecular weight is 331 g/mol. The molecular weight excluding hydrogens is 317 g/mol. The molecule has 1 rings (SSSR count). The second kappa shape index (κ2) is 6.33. The van der Waals surface area contributed by atoms with Gasteiger partial charge in [-0.2, -0.15) is 0 Å². The van der Waals surface area contributed by atoms with Crippen LogP contribution in [-0.2, 0) is 9.84 Å². The Balaban J connectivity index is 2.86. The number of hydrogen-bond donors (Lipinski definition) is 1. The summed E-state index contributed by atoms with van der Waals surface area (Å²) in [5.74, 6) is 0.139. The number of anilines is 1. The Morgan fingerprint density at radius 1 is 1.22 bits per heavy atom. The second-order valence-corrected chi connectivity index (χ2v) is 7.64. The molecule has 1 aromatic carbocycles. The average Bonchev–Trinajstić information content (AvgIpc) is 2.22. The quantitative estimate of drug-likeness (QED) is 0.891. The summed E-state index contributed by atoms with van der Waals surface area (Å²) in [7, 11) is -3.05. The molecule has 1 unspecified atom stereocenters. The van der Waals surface area contributed by atoms with Crippen LogP contribution in [0.4, 0.5) is 5.69 Å². The molecule has 0 aliphatic heterocycles. The lowest BCUT2D eigenvalue weighted by Gasteiger charge is -2.17. The smallest absolute Gasteiger partial charge is 0.152 e. The maximum Gasteiger partial charge on any atom is 0.152 e. The van der Waals surface area contributed by atoms with Gasteiger partial charge < -0.3 is 5.32 Å². The molecule has 0 spiro atoms. The molecule has 0 aromatic heterocycles. The highest BCUT2D eigenvalue weighted by molar-refractivity contribution is 7.91. The first kappa shape index (κ1) is 15.9. The van der Waals surface area contributed by atoms with E-state index in [2.05, 4.69) is 5.32 Å². The van der Waals surface area contributed by atoms with Crippen molar-refractivity contribution >= 4 is 50.3 Å². The molecule has 0 bridgehead atoms. The third-order valence-corrected chi connectivity index (χ3v) is 5.04. The first-order chi connectivity index (χ1) is 8.25. The zero-order valence-electron chi connectivity index (χ0n) is 10.0. The fraction of sp³-hybridized carbons (Fsp3) is 0.455. The Morgan fingerprint density at radius 3 is 2.17 bits per heavy atom. The Labute approximate surface area is 122 Å². The Hall–Kier alpha value is -0.160. The summed E-state index contributed by atoms with van der Waals surface area (Å²) in [6, 6.07) is 2.82. The van der Waals surface area contributed by atoms with Crippen LogP contribution >= 0.6 is 34.8 Å². The van der Waals surface area contributed by atoms with Gasteiger partial charge in [0.25, 0.3) is 0 Å². The van der Waals surface area contributed by atoms with E-state index in [1.165, 1.54) is 0 Å². The minimum Gasteiger partial charge on any atom is -0.379 e. The van der Waals surface area contributed by atoms with E-state index in [0.29, 0.717) is 20.8 Å². The Kier molecular flexibility index (Phi) is 5.59. The summed E-state index contributed by atoms with van der Waals surface area (Å²) in [5, 5.41) is 4.17. The van der Waals surface area contributed by atoms with E-state index in [0.717, 1.165) is 0 Å². The summed E-state index contributed by atoms with van der Waals surface area (Å²) in [6.45, 7) is 3.37. The maximum absolute atomic E-state index is 11.5. The van der Waals surface area contributed by atoms with Gasteiger partial charge in [-0.25, -0.2) is 8.42 Å². The van der Waals surface area contributed by atoms with Gasteiger partial charge >= 0.3 is 0 Å². The van der Waals surface area contributed by atoms with E-state index in [-0.39, 0.29) is 17.5 Å². The molecule has 1 N–H and O–H groups in total. The van der Waals surface area contributed by atoms with Gasteiger partial charge in [0.1, 0.15) is 0 Å². The third kappa shape index (κ3) is 4.50. The predicted octanol–water partition coefficient (Wildman–Crippen LogP) is 3.88. The van der Waals surface area contributed by atoms with Crippen LogP contribution in [0.15, 0.2) is 12.1 Å². The normalized spacial score (nSPS) is 13.4. The van der Waals surface area contributed by atoms with Gasteiger partial charge in [0.2, 0.25) is 0 Å². The van der Waals surface area contributed by atoms with Crippen molar-refractivity contribution < 1.29 is 8.42 Å². The molecule has 0 saturated heterocycles. The van der Waals surface area contributed by atoms with Gasteiger partial charge in [-0.15, -0.1) is 0 Å². The standard InChI is InChI=1S/C11H14Cl3NO2S/c1-3-18(16,17)6-7(2)15-11-9(13)4-8(12)5-10(11)14/h4-5,7,15H,3,6H2,1-2H3. The van der Waals surface area contributed by atoms with E-state index in [4.69, 9.17) is 34.8 Å². The van der Waals surface area contributed by atoms with Crippen LogP contribution in [0.5, 0.6) is 0 Å². The number of rotatable bonds is 5. The molecule has 0 radical (unpaired) electrons. The van der Waals surface area contributed by atoms with E-state index in [9.17, 15) is 8.42 Å². The van der Waals surface area contributed by atoms with Gasteiger partial charge in [0.15, 0.2) is 9.84 Å². The maximum atomic E-state index is 11.5. The second-order valence-electron chi connectivity index (χ2n) is 3.99. The number of benzene rings is 1. The largest absolute Gasteiger partial charge is 0.379 e. The van der Waals surface area contributed by atoms with Crippen molar-refractivity contribution in [2.75, 3.05) is 16.8 Å². The molecular formula is C11H14Cl3NO2S. The Bertz CT molecular complexity index is 508. The third-order valence-electron chi connectivity index (χ3n) is 2.34. The summed E-state index contributed by atoms with van der Waals surface area (Å²) >= 11 is 17.8. The van der Waals surface area contributed by atoms with Crippen LogP contribution < -0.4 is 5.32 Å². The number of halogens is 3. The SMILES string of the molecule is CCS(=O)(=O)CC(C)Nc1c(Cl)cc(Cl)cc1Cl. The zero-order chi connectivity index (χ0) is 13.9. The minimum atomic E-state index is -3.05. The van der Waals surface area contributed by atoms with Crippen LogP contribution in [0.1, 0.15) is 13.8 Å². The van der Waals surface area contributed by atoms with Crippen molar-refractivity contribution in [2.45, 2.75) is 19.9 Å². The molecule has 18 heavy (non-hydrogen) atoms. The lowest BCUT2D eigenvalue weighted by molar-refractivity contribution is 0.593. The summed E-state index contributed by atoms with van der Waals surface area (Å²) in [6.07, 6.45) is 0. The molecule has 1 aromatic rings. The topological polar surface area (TPSA) is 46.2 Å². The van der Waals surface area contributed by atoms with Gasteiger partial charge in [-0.3, -0.25) is 0 Å². The summed E-state index contributed by atoms with van der Waals surface area (Å²) < 4.78 is 23.0. The van der Waals surface area contributed by atoms with Crippen LogP contribution in [0, 0.1) is 0 Å². The van der Waals surface area contributed by atoms with Gasteiger partial charge in [-0.1, -0.05) is 41.7 Å². The molecule has 1 atom stereocenters. The van der Waals surface area contributed by atoms with Crippen LogP contribution in [-0.4, -0.2) is 26.0 Å². The summed E-state index contributed by atoms with van der Waals surface area (Å²) in [5.41, 5.74) is 0.501. The molecule has 7 heteroatoms. The van der Waals surface area contributed by atoms with Crippen molar-refractivity contribution in [2.24, 2.45) is 0 Å². The van der Waals surface area contributed by atoms with Crippen LogP contribution in [0.2, 0.25) is 15.1 Å². The van der Waals surface area contributed by atoms with Crippen molar-refractivity contribution in [1.29, 1.82) is 0 Å². The fourth-order valence-electron chi connectivity index (χ4n) is 1.47. The fourth-order valence-corrected chi connectivity index (χ4v) is 3.47. The molecule has 3 nitrogen and oxygen atoms in total. The zero-order valence-corrected chi connectivity index (χ0v) is 13.1. The highest BCUT2D eigenvalue weighted by Gasteiger charge is 2.16. The van der Waals surface area contributed by atoms with Crippen molar-refractivity contribution in [3.05, 3.63) is 27.2 Å². The van der Waals surface area contributed by atoms with E-state index in [1.807, 2.05) is 0 Å². The monoisotopic (exact) mass is 329 g/mol. The highest BCUT2D eigenvalue weighted by Crippen LogP contribution is 2.34. The molecule has 0 amide bonds. The van der Waals surface area contributed by atoms with Gasteiger partial charge in [0, 0.05) is 16.8 Å². The highest BCUT2D eigenvalue weighted by atomic mass is 35.5. The number of hydrogen-bond acceptors (Lipinski definition) is 3. The molecule has 102 valence electrons. The molecule has 0 saturated carbocycles. The van der Waals surface area contributed by atoms with Crippen molar-refractivity contribution in [1.82, 2.24) is 0 Å². The van der Waals surface area contributed by atoms with Crippen LogP contribution in [0.3, 0.4) is 0 Å². The van der Waals surface area contributed by atoms with E-state index in [1.54, 1.807) is 26.0 Å². The summed E-state index contributed by atoms with van der Waals surface area (Å²) in [4.78, 5) is 0. The van der Waals surface area contributed by atoms with E-state index < -0.39 is 9.84 Å². The van der Waals surface area contributed by atoms with Crippen molar-refractivity contribution in [3.8, 4) is 0 Å². The van der Waals surface area contributed by atoms with Crippen LogP contribution in [0.25, 0.3) is 0 Å². The lowest BCUT2D eigenvalue weighted by atomic mass is 10.3.